The quantitative estimate of drug-likeness (QED) is 0.415. The van der Waals surface area contributed by atoms with Gasteiger partial charge in [0.2, 0.25) is 0 Å². The molecule has 104 valence electrons. The molecule has 0 saturated heterocycles. The van der Waals surface area contributed by atoms with Crippen LogP contribution in [-0.4, -0.2) is 23.4 Å². The Morgan fingerprint density at radius 3 is 2.19 bits per heavy atom. The van der Waals surface area contributed by atoms with Crippen molar-refractivity contribution in [2.45, 2.75) is 0 Å². The van der Waals surface area contributed by atoms with E-state index in [-0.39, 0.29) is 34.3 Å². The number of ketones is 2. The van der Waals surface area contributed by atoms with Crippen molar-refractivity contribution in [2.24, 2.45) is 0 Å². The monoisotopic (exact) mass is 300 g/mol. The van der Waals surface area contributed by atoms with Crippen LogP contribution in [0.25, 0.3) is 0 Å². The van der Waals surface area contributed by atoms with Crippen LogP contribution in [0, 0.1) is 0 Å². The summed E-state index contributed by atoms with van der Waals surface area (Å²) in [7, 11) is 0. The Balaban J connectivity index is 2.19. The highest BCUT2D eigenvalue weighted by molar-refractivity contribution is 6.30. The Hall–Kier alpha value is -2.46. The van der Waals surface area contributed by atoms with Gasteiger partial charge in [0, 0.05) is 16.7 Å². The first-order valence-corrected chi connectivity index (χ1v) is 6.75. The Bertz CT molecular complexity index is 780. The number of ether oxygens (including phenoxy) is 1. The fraction of sp³-hybridized carbons (Fsp3) is 0.0625. The zero-order valence-corrected chi connectivity index (χ0v) is 11.5. The van der Waals surface area contributed by atoms with Gasteiger partial charge >= 0.3 is 5.97 Å². The number of benzene rings is 2. The molecule has 1 aliphatic rings. The maximum Gasteiger partial charge on any atom is 0.326 e. The van der Waals surface area contributed by atoms with Crippen molar-refractivity contribution in [1.29, 1.82) is 0 Å². The van der Waals surface area contributed by atoms with E-state index >= 15 is 0 Å². The second-order valence-corrected chi connectivity index (χ2v) is 4.76. The van der Waals surface area contributed by atoms with Crippen molar-refractivity contribution >= 4 is 29.1 Å². The Kier molecular flexibility index (Phi) is 3.31. The zero-order chi connectivity index (χ0) is 15.0. The van der Waals surface area contributed by atoms with Crippen molar-refractivity contribution < 1.29 is 19.1 Å². The minimum Gasteiger partial charge on any atom is -0.425 e. The normalized spacial score (nSPS) is 12.6. The Morgan fingerprint density at radius 2 is 1.52 bits per heavy atom. The summed E-state index contributed by atoms with van der Waals surface area (Å²) < 4.78 is 5.05. The largest absolute Gasteiger partial charge is 0.425 e. The lowest BCUT2D eigenvalue weighted by molar-refractivity contribution is -0.131. The van der Waals surface area contributed by atoms with Crippen LogP contribution in [0.4, 0.5) is 0 Å². The average molecular weight is 301 g/mol. The van der Waals surface area contributed by atoms with E-state index in [4.69, 9.17) is 16.3 Å². The van der Waals surface area contributed by atoms with Crippen molar-refractivity contribution in [3.8, 4) is 5.75 Å². The number of carbonyl (C=O) groups excluding carboxylic acids is 3. The zero-order valence-electron chi connectivity index (χ0n) is 10.8. The second-order valence-electron chi connectivity index (χ2n) is 4.49. The number of alkyl halides is 1. The molecule has 0 atom stereocenters. The first kappa shape index (κ1) is 13.5. The summed E-state index contributed by atoms with van der Waals surface area (Å²) in [5.74, 6) is -1.54. The standard InChI is InChI=1S/C16H9ClO4/c17-8-13(18)21-12-7-3-6-11-14(12)16(20)10-5-2-1-4-9(10)15(11)19/h1-7H,8H2. The fourth-order valence-corrected chi connectivity index (χ4v) is 2.40. The number of hydrogen-bond donors (Lipinski definition) is 0. The number of rotatable bonds is 2. The van der Waals surface area contributed by atoms with E-state index in [1.54, 1.807) is 36.4 Å². The molecule has 0 bridgehead atoms. The molecule has 0 N–H and O–H groups in total. The van der Waals surface area contributed by atoms with Crippen LogP contribution in [0.3, 0.4) is 0 Å². The number of halogens is 1. The number of esters is 1. The predicted octanol–water partition coefficient (Wildman–Crippen LogP) is 2.61. The molecule has 0 amide bonds. The molecule has 0 heterocycles. The molecule has 0 aromatic heterocycles. The summed E-state index contributed by atoms with van der Waals surface area (Å²) in [5.41, 5.74) is 1.01. The smallest absolute Gasteiger partial charge is 0.326 e. The first-order chi connectivity index (χ1) is 10.1. The lowest BCUT2D eigenvalue weighted by Crippen LogP contribution is -2.22. The predicted molar refractivity (Wildman–Crippen MR) is 76.1 cm³/mol. The highest BCUT2D eigenvalue weighted by atomic mass is 35.5. The summed E-state index contributed by atoms with van der Waals surface area (Å²) >= 11 is 5.40. The Morgan fingerprint density at radius 1 is 0.905 bits per heavy atom. The van der Waals surface area contributed by atoms with Gasteiger partial charge in [-0.1, -0.05) is 36.4 Å². The van der Waals surface area contributed by atoms with Gasteiger partial charge in [0.05, 0.1) is 5.56 Å². The Labute approximate surface area is 125 Å². The molecule has 4 nitrogen and oxygen atoms in total. The summed E-state index contributed by atoms with van der Waals surface area (Å²) in [5, 5.41) is 0. The lowest BCUT2D eigenvalue weighted by Gasteiger charge is -2.19. The van der Waals surface area contributed by atoms with Crippen LogP contribution in [0.1, 0.15) is 31.8 Å². The van der Waals surface area contributed by atoms with Gasteiger partial charge in [-0.3, -0.25) is 14.4 Å². The van der Waals surface area contributed by atoms with Gasteiger partial charge in [0.25, 0.3) is 0 Å². The summed E-state index contributed by atoms with van der Waals surface area (Å²) in [4.78, 5) is 36.4. The van der Waals surface area contributed by atoms with Crippen LogP contribution in [0.2, 0.25) is 0 Å². The van der Waals surface area contributed by atoms with Gasteiger partial charge in [0.15, 0.2) is 11.6 Å². The molecular formula is C16H9ClO4. The van der Waals surface area contributed by atoms with E-state index in [1.165, 1.54) is 6.07 Å². The van der Waals surface area contributed by atoms with Crippen LogP contribution in [0.5, 0.6) is 5.75 Å². The third-order valence-electron chi connectivity index (χ3n) is 3.25. The van der Waals surface area contributed by atoms with Gasteiger partial charge in [-0.15, -0.1) is 11.6 Å². The first-order valence-electron chi connectivity index (χ1n) is 6.21. The molecule has 5 heteroatoms. The molecule has 2 aromatic rings. The second kappa shape index (κ2) is 5.14. The van der Waals surface area contributed by atoms with Crippen LogP contribution in [0.15, 0.2) is 42.5 Å². The molecule has 0 saturated carbocycles. The molecule has 21 heavy (non-hydrogen) atoms. The lowest BCUT2D eigenvalue weighted by atomic mass is 9.83. The van der Waals surface area contributed by atoms with Gasteiger partial charge in [-0.2, -0.15) is 0 Å². The van der Waals surface area contributed by atoms with Gasteiger partial charge < -0.3 is 4.74 Å². The van der Waals surface area contributed by atoms with Gasteiger partial charge in [-0.05, 0) is 6.07 Å². The molecule has 2 aromatic carbocycles. The fourth-order valence-electron chi connectivity index (χ4n) is 2.35. The van der Waals surface area contributed by atoms with Crippen molar-refractivity contribution in [1.82, 2.24) is 0 Å². The van der Waals surface area contributed by atoms with Crippen LogP contribution >= 0.6 is 11.6 Å². The van der Waals surface area contributed by atoms with Crippen molar-refractivity contribution in [3.63, 3.8) is 0 Å². The van der Waals surface area contributed by atoms with E-state index < -0.39 is 5.97 Å². The van der Waals surface area contributed by atoms with Crippen LogP contribution in [-0.2, 0) is 4.79 Å². The molecule has 0 unspecified atom stereocenters. The van der Waals surface area contributed by atoms with Crippen molar-refractivity contribution in [2.75, 3.05) is 5.88 Å². The highest BCUT2D eigenvalue weighted by Gasteiger charge is 2.32. The van der Waals surface area contributed by atoms with E-state index in [9.17, 15) is 14.4 Å². The molecular weight excluding hydrogens is 292 g/mol. The number of fused-ring (bicyclic) bond motifs is 2. The van der Waals surface area contributed by atoms with E-state index in [0.717, 1.165) is 0 Å². The average Bonchev–Trinajstić information content (AvgIpc) is 2.52. The van der Waals surface area contributed by atoms with E-state index in [0.29, 0.717) is 11.1 Å². The summed E-state index contributed by atoms with van der Waals surface area (Å²) in [6.07, 6.45) is 0. The summed E-state index contributed by atoms with van der Waals surface area (Å²) in [6.45, 7) is 0. The molecule has 1 aliphatic carbocycles. The van der Waals surface area contributed by atoms with Gasteiger partial charge in [-0.25, -0.2) is 0 Å². The molecule has 0 aliphatic heterocycles. The maximum atomic E-state index is 12.6. The van der Waals surface area contributed by atoms with Crippen LogP contribution < -0.4 is 4.74 Å². The minimum absolute atomic E-state index is 0.0611. The SMILES string of the molecule is O=C(CCl)Oc1cccc2c1C(=O)c1ccccc1C2=O. The van der Waals surface area contributed by atoms with E-state index in [1.807, 2.05) is 0 Å². The third kappa shape index (κ3) is 2.14. The topological polar surface area (TPSA) is 60.4 Å². The summed E-state index contributed by atoms with van der Waals surface area (Å²) in [6, 6.07) is 11.2. The van der Waals surface area contributed by atoms with Crippen molar-refractivity contribution in [3.05, 3.63) is 64.7 Å². The molecule has 0 radical (unpaired) electrons. The third-order valence-corrected chi connectivity index (χ3v) is 3.47. The number of hydrogen-bond acceptors (Lipinski definition) is 4. The molecule has 0 spiro atoms. The van der Waals surface area contributed by atoms with Gasteiger partial charge in [0.1, 0.15) is 11.6 Å². The minimum atomic E-state index is -0.677. The molecule has 0 fully saturated rings. The molecule has 3 rings (SSSR count). The highest BCUT2D eigenvalue weighted by Crippen LogP contribution is 2.33. The number of carbonyl (C=O) groups is 3. The van der Waals surface area contributed by atoms with E-state index in [2.05, 4.69) is 0 Å². The maximum absolute atomic E-state index is 12.6.